The molecule has 3 nitrogen and oxygen atoms in total. The lowest BCUT2D eigenvalue weighted by Crippen LogP contribution is -2.45. The molecule has 3 aromatic rings. The summed E-state index contributed by atoms with van der Waals surface area (Å²) < 4.78 is 11.8. The van der Waals surface area contributed by atoms with Gasteiger partial charge in [-0.3, -0.25) is 0 Å². The molecule has 1 atom stereocenters. The molecule has 1 aliphatic carbocycles. The molecule has 1 spiro atoms. The van der Waals surface area contributed by atoms with Gasteiger partial charge in [-0.05, 0) is 61.8 Å². The van der Waals surface area contributed by atoms with Crippen LogP contribution in [-0.4, -0.2) is 24.7 Å². The Morgan fingerprint density at radius 2 is 1.38 bits per heavy atom. The van der Waals surface area contributed by atoms with Gasteiger partial charge >= 0.3 is 0 Å². The standard InChI is InChI=1S/C30H36NO2P/c1-29(2,3)34-28-23(27-25(32-4)18-13-19-26(27)33-5)16-12-17-24(28)31(22-14-8-6-9-15-22)30(34)20-10-7-11-21-30/h6,8-9,12-19H,7,10-11,20-21H2,1-5H3/t34-/m0/s1. The van der Waals surface area contributed by atoms with E-state index in [1.165, 1.54) is 54.3 Å². The molecule has 0 unspecified atom stereocenters. The maximum Gasteiger partial charge on any atom is 0.130 e. The molecule has 4 heteroatoms. The van der Waals surface area contributed by atoms with Gasteiger partial charge in [0.1, 0.15) is 11.5 Å². The molecule has 178 valence electrons. The molecule has 1 aliphatic heterocycles. The maximum absolute atomic E-state index is 5.88. The zero-order valence-corrected chi connectivity index (χ0v) is 22.0. The first-order valence-electron chi connectivity index (χ1n) is 12.4. The van der Waals surface area contributed by atoms with Crippen molar-refractivity contribution >= 4 is 24.6 Å². The Kier molecular flexibility index (Phi) is 6.10. The number of nitrogens with zero attached hydrogens (tertiary/aromatic N) is 1. The highest BCUT2D eigenvalue weighted by atomic mass is 31.1. The quantitative estimate of drug-likeness (QED) is 0.358. The van der Waals surface area contributed by atoms with Crippen LogP contribution in [0.15, 0.2) is 66.7 Å². The lowest BCUT2D eigenvalue weighted by atomic mass is 9.92. The first kappa shape index (κ1) is 23.2. The normalized spacial score (nSPS) is 19.2. The topological polar surface area (TPSA) is 21.7 Å². The zero-order valence-electron chi connectivity index (χ0n) is 21.1. The van der Waals surface area contributed by atoms with Gasteiger partial charge in [-0.15, -0.1) is 0 Å². The smallest absolute Gasteiger partial charge is 0.130 e. The summed E-state index contributed by atoms with van der Waals surface area (Å²) in [4.78, 5) is 2.73. The third-order valence-electron chi connectivity index (χ3n) is 7.35. The van der Waals surface area contributed by atoms with Crippen molar-refractivity contribution in [3.05, 3.63) is 66.7 Å². The molecule has 2 aliphatic rings. The van der Waals surface area contributed by atoms with Crippen LogP contribution in [-0.2, 0) is 0 Å². The first-order chi connectivity index (χ1) is 16.4. The lowest BCUT2D eigenvalue weighted by molar-refractivity contribution is 0.395. The fraction of sp³-hybridized carbons (Fsp3) is 0.400. The van der Waals surface area contributed by atoms with E-state index in [9.17, 15) is 0 Å². The van der Waals surface area contributed by atoms with Gasteiger partial charge in [0.15, 0.2) is 0 Å². The van der Waals surface area contributed by atoms with Gasteiger partial charge in [0.25, 0.3) is 0 Å². The number of hydrogen-bond donors (Lipinski definition) is 0. The van der Waals surface area contributed by atoms with E-state index in [4.69, 9.17) is 9.47 Å². The molecule has 3 aromatic carbocycles. The average Bonchev–Trinajstić information content (AvgIpc) is 3.13. The van der Waals surface area contributed by atoms with E-state index in [1.54, 1.807) is 14.2 Å². The van der Waals surface area contributed by atoms with Gasteiger partial charge < -0.3 is 14.4 Å². The van der Waals surface area contributed by atoms with E-state index in [0.29, 0.717) is 0 Å². The van der Waals surface area contributed by atoms with Crippen LogP contribution >= 0.6 is 7.92 Å². The molecule has 1 fully saturated rings. The number of para-hydroxylation sites is 1. The molecule has 0 amide bonds. The minimum absolute atomic E-state index is 0.126. The molecule has 1 saturated carbocycles. The fourth-order valence-electron chi connectivity index (χ4n) is 6.28. The summed E-state index contributed by atoms with van der Waals surface area (Å²) in [5, 5.41) is 1.77. The summed E-state index contributed by atoms with van der Waals surface area (Å²) in [5.41, 5.74) is 5.00. The highest BCUT2D eigenvalue weighted by Gasteiger charge is 2.56. The average molecular weight is 474 g/mol. The molecular weight excluding hydrogens is 437 g/mol. The van der Waals surface area contributed by atoms with Crippen LogP contribution in [0.4, 0.5) is 11.4 Å². The van der Waals surface area contributed by atoms with Crippen molar-refractivity contribution in [2.24, 2.45) is 0 Å². The lowest BCUT2D eigenvalue weighted by Gasteiger charge is -2.50. The van der Waals surface area contributed by atoms with Gasteiger partial charge in [-0.1, -0.05) is 76.4 Å². The van der Waals surface area contributed by atoms with Crippen LogP contribution in [0, 0.1) is 0 Å². The molecule has 5 rings (SSSR count). The van der Waals surface area contributed by atoms with Gasteiger partial charge in [0.2, 0.25) is 0 Å². The summed E-state index contributed by atoms with van der Waals surface area (Å²) in [5.74, 6) is 1.74. The first-order valence-corrected chi connectivity index (χ1v) is 13.8. The predicted octanol–water partition coefficient (Wildman–Crippen LogP) is 8.09. The SMILES string of the molecule is COc1cccc(OC)c1-c1cccc2c1[P@@](C(C)(C)C)C1(CCCCC1)N2c1ccccc1. The van der Waals surface area contributed by atoms with E-state index in [2.05, 4.69) is 86.3 Å². The Morgan fingerprint density at radius 1 is 0.765 bits per heavy atom. The van der Waals surface area contributed by atoms with Crippen LogP contribution in [0.5, 0.6) is 11.5 Å². The highest BCUT2D eigenvalue weighted by Crippen LogP contribution is 2.72. The Morgan fingerprint density at radius 3 is 1.97 bits per heavy atom. The van der Waals surface area contributed by atoms with Crippen molar-refractivity contribution < 1.29 is 9.47 Å². The second-order valence-electron chi connectivity index (χ2n) is 10.4. The van der Waals surface area contributed by atoms with E-state index in [-0.39, 0.29) is 10.4 Å². The summed E-state index contributed by atoms with van der Waals surface area (Å²) >= 11 is 0. The molecule has 0 aromatic heterocycles. The number of methoxy groups -OCH3 is 2. The number of rotatable bonds is 4. The summed E-state index contributed by atoms with van der Waals surface area (Å²) in [7, 11) is 2.98. The predicted molar refractivity (Wildman–Crippen MR) is 146 cm³/mol. The highest BCUT2D eigenvalue weighted by molar-refractivity contribution is 7.70. The van der Waals surface area contributed by atoms with Gasteiger partial charge in [-0.2, -0.15) is 0 Å². The number of fused-ring (bicyclic) bond motifs is 1. The van der Waals surface area contributed by atoms with Crippen molar-refractivity contribution in [1.29, 1.82) is 0 Å². The van der Waals surface area contributed by atoms with Gasteiger partial charge in [-0.25, -0.2) is 0 Å². The van der Waals surface area contributed by atoms with E-state index in [0.717, 1.165) is 17.1 Å². The van der Waals surface area contributed by atoms with Crippen LogP contribution in [0.2, 0.25) is 0 Å². The fourth-order valence-corrected chi connectivity index (χ4v) is 10.6. The third kappa shape index (κ3) is 3.60. The van der Waals surface area contributed by atoms with Crippen molar-refractivity contribution in [1.82, 2.24) is 0 Å². The van der Waals surface area contributed by atoms with Crippen molar-refractivity contribution in [3.63, 3.8) is 0 Å². The Bertz CT molecular complexity index is 1140. The Hall–Kier alpha value is -2.51. The van der Waals surface area contributed by atoms with Crippen LogP contribution in [0.25, 0.3) is 11.1 Å². The van der Waals surface area contributed by atoms with Crippen LogP contribution in [0.3, 0.4) is 0 Å². The zero-order chi connectivity index (χ0) is 23.9. The third-order valence-corrected chi connectivity index (χ3v) is 11.1. The molecule has 0 N–H and O–H groups in total. The van der Waals surface area contributed by atoms with Gasteiger partial charge in [0.05, 0.1) is 30.8 Å². The summed E-state index contributed by atoms with van der Waals surface area (Å²) in [6, 6.07) is 24.0. The number of anilines is 2. The van der Waals surface area contributed by atoms with Crippen LogP contribution in [0.1, 0.15) is 52.9 Å². The molecule has 34 heavy (non-hydrogen) atoms. The van der Waals surface area contributed by atoms with Gasteiger partial charge in [0, 0.05) is 11.0 Å². The molecule has 0 radical (unpaired) electrons. The number of hydrogen-bond acceptors (Lipinski definition) is 3. The molecule has 0 saturated heterocycles. The largest absolute Gasteiger partial charge is 0.496 e. The van der Waals surface area contributed by atoms with Crippen molar-refractivity contribution in [3.8, 4) is 22.6 Å². The molecule has 1 heterocycles. The minimum atomic E-state index is -0.532. The van der Waals surface area contributed by atoms with Crippen molar-refractivity contribution in [2.45, 2.75) is 63.3 Å². The van der Waals surface area contributed by atoms with E-state index >= 15 is 0 Å². The minimum Gasteiger partial charge on any atom is -0.496 e. The Labute approximate surface area is 205 Å². The second-order valence-corrected chi connectivity index (χ2v) is 13.7. The summed E-state index contributed by atoms with van der Waals surface area (Å²) in [6.07, 6.45) is 6.39. The van der Waals surface area contributed by atoms with Crippen molar-refractivity contribution in [2.75, 3.05) is 19.1 Å². The molecule has 0 bridgehead atoms. The summed E-state index contributed by atoms with van der Waals surface area (Å²) in [6.45, 7) is 7.34. The monoisotopic (exact) mass is 473 g/mol. The number of benzene rings is 3. The Balaban J connectivity index is 1.86. The second kappa shape index (κ2) is 8.93. The number of ether oxygens (including phenoxy) is 2. The molecular formula is C30H36NO2P. The van der Waals surface area contributed by atoms with Crippen LogP contribution < -0.4 is 19.7 Å². The van der Waals surface area contributed by atoms with E-state index in [1.807, 2.05) is 6.07 Å². The maximum atomic E-state index is 5.88. The van der Waals surface area contributed by atoms with E-state index < -0.39 is 7.92 Å².